The second kappa shape index (κ2) is 7.28. The Balaban J connectivity index is 0.000000924. The summed E-state index contributed by atoms with van der Waals surface area (Å²) in [6.07, 6.45) is 0. The number of hydrogen-bond acceptors (Lipinski definition) is 3. The lowest BCUT2D eigenvalue weighted by molar-refractivity contribution is -0.116. The number of carbonyl (C=O) groups excluding carboxylic acids is 1. The topological polar surface area (TPSA) is 41.5 Å². The Morgan fingerprint density at radius 1 is 1.17 bits per heavy atom. The molecular weight excluding hydrogens is 328 g/mol. The van der Waals surface area contributed by atoms with Crippen molar-refractivity contribution in [3.05, 3.63) is 50.9 Å². The normalized spacial score (nSPS) is 16.5. The Kier molecular flexibility index (Phi) is 5.60. The molecule has 3 nitrogen and oxygen atoms in total. The molecule has 0 spiro atoms. The van der Waals surface area contributed by atoms with Crippen molar-refractivity contribution in [3.8, 4) is 0 Å². The molecule has 0 saturated heterocycles. The highest BCUT2D eigenvalue weighted by Gasteiger charge is 2.26. The number of amides is 1. The van der Waals surface area contributed by atoms with Gasteiger partial charge in [0.2, 0.25) is 5.91 Å². The fourth-order valence-corrected chi connectivity index (χ4v) is 3.55. The fourth-order valence-electron chi connectivity index (χ4n) is 2.36. The standard InChI is InChI=1S/C16H15ClN2OS.C2H6/c1-8-10(3)21-16-13(8)14(18-9(2)15(20)19-16)11-4-6-12(17)7-5-11;1-2/h4-7,9H,1-3H3,(H,19,20);1-2H3/t9-;/m0./s1. The predicted molar refractivity (Wildman–Crippen MR) is 100 cm³/mol. The summed E-state index contributed by atoms with van der Waals surface area (Å²) in [5.74, 6) is -0.0681. The Morgan fingerprint density at radius 2 is 1.78 bits per heavy atom. The molecule has 0 unspecified atom stereocenters. The molecule has 3 rings (SSSR count). The number of aryl methyl sites for hydroxylation is 1. The van der Waals surface area contributed by atoms with Gasteiger partial charge in [0, 0.05) is 21.0 Å². The molecule has 0 bridgehead atoms. The number of rotatable bonds is 1. The van der Waals surface area contributed by atoms with Crippen molar-refractivity contribution < 1.29 is 4.79 Å². The first-order valence-corrected chi connectivity index (χ1v) is 8.92. The van der Waals surface area contributed by atoms with Gasteiger partial charge < -0.3 is 5.32 Å². The molecule has 1 amide bonds. The van der Waals surface area contributed by atoms with Crippen LogP contribution in [0.25, 0.3) is 0 Å². The van der Waals surface area contributed by atoms with Crippen LogP contribution in [0, 0.1) is 13.8 Å². The molecule has 2 heterocycles. The molecule has 0 saturated carbocycles. The number of halogens is 1. The van der Waals surface area contributed by atoms with Gasteiger partial charge in [0.1, 0.15) is 11.0 Å². The Labute approximate surface area is 146 Å². The fraction of sp³-hybridized carbons (Fsp3) is 0.333. The van der Waals surface area contributed by atoms with E-state index in [1.165, 1.54) is 4.88 Å². The molecular formula is C18H21ClN2OS. The molecule has 2 aromatic rings. The maximum Gasteiger partial charge on any atom is 0.249 e. The number of anilines is 1. The summed E-state index contributed by atoms with van der Waals surface area (Å²) >= 11 is 7.56. The maximum absolute atomic E-state index is 12.1. The molecule has 1 N–H and O–H groups in total. The lowest BCUT2D eigenvalue weighted by Crippen LogP contribution is -2.21. The molecule has 1 aliphatic heterocycles. The van der Waals surface area contributed by atoms with E-state index in [4.69, 9.17) is 11.6 Å². The van der Waals surface area contributed by atoms with Gasteiger partial charge in [-0.15, -0.1) is 11.3 Å². The number of fused-ring (bicyclic) bond motifs is 1. The van der Waals surface area contributed by atoms with Gasteiger partial charge in [-0.05, 0) is 38.5 Å². The summed E-state index contributed by atoms with van der Waals surface area (Å²) in [6, 6.07) is 7.17. The van der Waals surface area contributed by atoms with Crippen LogP contribution in [0.5, 0.6) is 0 Å². The third-order valence-corrected chi connectivity index (χ3v) is 5.05. The average Bonchev–Trinajstić information content (AvgIpc) is 2.74. The van der Waals surface area contributed by atoms with E-state index in [9.17, 15) is 4.79 Å². The number of nitrogens with one attached hydrogen (secondary N) is 1. The number of thiophene rings is 1. The van der Waals surface area contributed by atoms with Crippen molar-refractivity contribution in [3.63, 3.8) is 0 Å². The van der Waals surface area contributed by atoms with E-state index in [0.717, 1.165) is 27.4 Å². The van der Waals surface area contributed by atoms with E-state index in [1.807, 2.05) is 45.0 Å². The predicted octanol–water partition coefficient (Wildman–Crippen LogP) is 5.22. The lowest BCUT2D eigenvalue weighted by atomic mass is 10.00. The molecule has 0 aliphatic carbocycles. The van der Waals surface area contributed by atoms with Gasteiger partial charge >= 0.3 is 0 Å². The number of nitrogens with zero attached hydrogens (tertiary/aromatic N) is 1. The van der Waals surface area contributed by atoms with Crippen molar-refractivity contribution in [2.45, 2.75) is 40.7 Å². The first-order valence-electron chi connectivity index (χ1n) is 7.72. The molecule has 1 aliphatic rings. The zero-order valence-electron chi connectivity index (χ0n) is 14.0. The van der Waals surface area contributed by atoms with Crippen LogP contribution in [-0.4, -0.2) is 17.7 Å². The minimum Gasteiger partial charge on any atom is -0.315 e. The summed E-state index contributed by atoms with van der Waals surface area (Å²) in [4.78, 5) is 17.9. The number of aliphatic imine (C=N–C) groups is 1. The summed E-state index contributed by atoms with van der Waals surface area (Å²) in [5, 5.41) is 4.55. The third kappa shape index (κ3) is 3.48. The minimum absolute atomic E-state index is 0.0681. The van der Waals surface area contributed by atoms with Crippen molar-refractivity contribution in [2.75, 3.05) is 5.32 Å². The van der Waals surface area contributed by atoms with Crippen LogP contribution in [0.3, 0.4) is 0 Å². The summed E-state index contributed by atoms with van der Waals surface area (Å²) in [6.45, 7) is 9.94. The second-order valence-electron chi connectivity index (χ2n) is 5.14. The highest BCUT2D eigenvalue weighted by molar-refractivity contribution is 7.17. The first-order chi connectivity index (χ1) is 11.0. The quantitative estimate of drug-likeness (QED) is 0.753. The molecule has 122 valence electrons. The van der Waals surface area contributed by atoms with Gasteiger partial charge in [-0.2, -0.15) is 0 Å². The summed E-state index contributed by atoms with van der Waals surface area (Å²) in [7, 11) is 0. The highest BCUT2D eigenvalue weighted by Crippen LogP contribution is 2.36. The third-order valence-electron chi connectivity index (χ3n) is 3.68. The van der Waals surface area contributed by atoms with Gasteiger partial charge in [-0.3, -0.25) is 9.79 Å². The van der Waals surface area contributed by atoms with E-state index in [2.05, 4.69) is 24.2 Å². The van der Waals surface area contributed by atoms with Crippen molar-refractivity contribution in [1.29, 1.82) is 0 Å². The average molecular weight is 349 g/mol. The molecule has 0 fully saturated rings. The summed E-state index contributed by atoms with van der Waals surface area (Å²) < 4.78 is 0. The molecule has 1 aromatic heterocycles. The van der Waals surface area contributed by atoms with Gasteiger partial charge in [0.15, 0.2) is 0 Å². The van der Waals surface area contributed by atoms with Crippen molar-refractivity contribution in [2.24, 2.45) is 4.99 Å². The summed E-state index contributed by atoms with van der Waals surface area (Å²) in [5.41, 5.74) is 4.02. The van der Waals surface area contributed by atoms with Gasteiger partial charge in [-0.1, -0.05) is 37.6 Å². The number of carbonyl (C=O) groups is 1. The Bertz CT molecular complexity index is 747. The van der Waals surface area contributed by atoms with Crippen LogP contribution in [0.1, 0.15) is 42.3 Å². The zero-order chi connectivity index (χ0) is 17.1. The van der Waals surface area contributed by atoms with Crippen LogP contribution in [0.15, 0.2) is 29.3 Å². The van der Waals surface area contributed by atoms with Crippen LogP contribution < -0.4 is 5.32 Å². The molecule has 1 aromatic carbocycles. The van der Waals surface area contributed by atoms with E-state index in [1.54, 1.807) is 11.3 Å². The Morgan fingerprint density at radius 3 is 2.39 bits per heavy atom. The van der Waals surface area contributed by atoms with E-state index in [-0.39, 0.29) is 5.91 Å². The minimum atomic E-state index is -0.407. The van der Waals surface area contributed by atoms with Crippen LogP contribution in [0.2, 0.25) is 5.02 Å². The van der Waals surface area contributed by atoms with E-state index in [0.29, 0.717) is 5.02 Å². The SMILES string of the molecule is CC.Cc1sc2c(c1C)C(c1ccc(Cl)cc1)=N[C@@H](C)C(=O)N2. The maximum atomic E-state index is 12.1. The molecule has 0 radical (unpaired) electrons. The number of hydrogen-bond donors (Lipinski definition) is 1. The lowest BCUT2D eigenvalue weighted by Gasteiger charge is -2.08. The van der Waals surface area contributed by atoms with Gasteiger partial charge in [0.25, 0.3) is 0 Å². The van der Waals surface area contributed by atoms with E-state index < -0.39 is 6.04 Å². The zero-order valence-corrected chi connectivity index (χ0v) is 15.6. The van der Waals surface area contributed by atoms with Gasteiger partial charge in [-0.25, -0.2) is 0 Å². The Hall–Kier alpha value is -1.65. The van der Waals surface area contributed by atoms with Crippen LogP contribution in [-0.2, 0) is 4.79 Å². The van der Waals surface area contributed by atoms with Crippen LogP contribution >= 0.6 is 22.9 Å². The molecule has 5 heteroatoms. The van der Waals surface area contributed by atoms with Gasteiger partial charge in [0.05, 0.1) is 5.71 Å². The highest BCUT2D eigenvalue weighted by atomic mass is 35.5. The largest absolute Gasteiger partial charge is 0.315 e. The first kappa shape index (κ1) is 17.7. The smallest absolute Gasteiger partial charge is 0.249 e. The van der Waals surface area contributed by atoms with Crippen molar-refractivity contribution >= 4 is 39.6 Å². The van der Waals surface area contributed by atoms with E-state index >= 15 is 0 Å². The second-order valence-corrected chi connectivity index (χ2v) is 6.80. The number of benzene rings is 1. The molecule has 23 heavy (non-hydrogen) atoms. The molecule has 1 atom stereocenters. The van der Waals surface area contributed by atoms with Crippen molar-refractivity contribution in [1.82, 2.24) is 0 Å². The van der Waals surface area contributed by atoms with Crippen LogP contribution in [0.4, 0.5) is 5.00 Å². The monoisotopic (exact) mass is 348 g/mol.